The van der Waals surface area contributed by atoms with Crippen LogP contribution in [0.3, 0.4) is 0 Å². The Morgan fingerprint density at radius 3 is 1.19 bits per heavy atom. The molecule has 0 aliphatic carbocycles. The molecule has 27 heavy (non-hydrogen) atoms. The van der Waals surface area contributed by atoms with E-state index in [0.29, 0.717) is 0 Å². The molecule has 0 N–H and O–H groups in total. The first kappa shape index (κ1) is 28.7. The molecule has 0 aromatic rings. The molecule has 0 aliphatic rings. The van der Waals surface area contributed by atoms with Crippen molar-refractivity contribution in [2.45, 2.75) is 47.7 Å². The van der Waals surface area contributed by atoms with Crippen LogP contribution in [0.2, 0.25) is 0 Å². The van der Waals surface area contributed by atoms with E-state index < -0.39 is 57.8 Å². The van der Waals surface area contributed by atoms with Crippen molar-refractivity contribution >= 4 is 10.1 Å². The van der Waals surface area contributed by atoms with Gasteiger partial charge in [-0.15, -0.1) is 0 Å². The van der Waals surface area contributed by atoms with Gasteiger partial charge in [-0.3, -0.25) is 0 Å². The molecule has 3 nitrogen and oxygen atoms in total. The van der Waals surface area contributed by atoms with E-state index in [1.165, 1.54) is 0 Å². The molecule has 0 spiro atoms. The van der Waals surface area contributed by atoms with E-state index >= 15 is 0 Å². The fourth-order valence-corrected chi connectivity index (χ4v) is 1.78. The Hall–Kier alpha value is -0.473. The van der Waals surface area contributed by atoms with Crippen LogP contribution in [0, 0.1) is 0 Å². The molecule has 0 amide bonds. The topological polar surface area (TPSA) is 57.2 Å². The van der Waals surface area contributed by atoms with Crippen molar-refractivity contribution in [1.29, 1.82) is 0 Å². The summed E-state index contributed by atoms with van der Waals surface area (Å²) in [6.45, 7) is 0. The zero-order chi connectivity index (χ0) is 21.7. The van der Waals surface area contributed by atoms with E-state index in [-0.39, 0.29) is 18.9 Å². The van der Waals surface area contributed by atoms with E-state index in [1.54, 1.807) is 0 Å². The van der Waals surface area contributed by atoms with Crippen LogP contribution in [0.4, 0.5) is 61.5 Å². The number of rotatable bonds is 8. The maximum Gasteiger partial charge on any atom is 1.00 e. The van der Waals surface area contributed by atoms with Gasteiger partial charge in [0, 0.05) is 0 Å². The summed E-state index contributed by atoms with van der Waals surface area (Å²) in [6, 6.07) is 0. The molecule has 158 valence electrons. The van der Waals surface area contributed by atoms with Gasteiger partial charge in [0.2, 0.25) is 6.17 Å². The second-order valence-electron chi connectivity index (χ2n) is 4.51. The Morgan fingerprint density at radius 2 is 0.926 bits per heavy atom. The average Bonchev–Trinajstić information content (AvgIpc) is 2.43. The number of halogens is 14. The van der Waals surface area contributed by atoms with Gasteiger partial charge >= 0.3 is 48.5 Å². The molecule has 0 fully saturated rings. The monoisotopic (exact) mass is 452 g/mol. The number of alkyl halides is 14. The van der Waals surface area contributed by atoms with Crippen LogP contribution in [-0.2, 0) is 10.1 Å². The molecule has 2 unspecified atom stereocenters. The first-order chi connectivity index (χ1) is 11.0. The van der Waals surface area contributed by atoms with Gasteiger partial charge in [0.25, 0.3) is 11.9 Å². The summed E-state index contributed by atoms with van der Waals surface area (Å²) in [5, 5.41) is 0. The average molecular weight is 452 g/mol. The fraction of sp³-hybridized carbons (Fsp3) is 1.00. The maximum absolute atomic E-state index is 13.0. The number of hydrogen-bond acceptors (Lipinski definition) is 3. The zero-order valence-corrected chi connectivity index (χ0v) is 13.0. The molecule has 0 rings (SSSR count). The van der Waals surface area contributed by atoms with Crippen molar-refractivity contribution in [2.75, 3.05) is 0 Å². The summed E-state index contributed by atoms with van der Waals surface area (Å²) in [4.78, 5) is 0. The molecule has 0 aliphatic heterocycles. The molecule has 0 saturated heterocycles. The van der Waals surface area contributed by atoms with Crippen molar-refractivity contribution in [3.8, 4) is 0 Å². The van der Waals surface area contributed by atoms with Gasteiger partial charge in [-0.2, -0.15) is 43.9 Å². The summed E-state index contributed by atoms with van der Waals surface area (Å²) in [6.07, 6.45) is -10.8. The van der Waals surface area contributed by atoms with Crippen molar-refractivity contribution in [3.05, 3.63) is 0 Å². The summed E-state index contributed by atoms with van der Waals surface area (Å²) < 4.78 is 207. The van der Waals surface area contributed by atoms with Gasteiger partial charge < -0.3 is 4.55 Å². The van der Waals surface area contributed by atoms with Crippen LogP contribution in [0.25, 0.3) is 0 Å². The Balaban J connectivity index is 0. The number of hydrogen-bond donors (Lipinski definition) is 0. The maximum atomic E-state index is 13.0. The second-order valence-corrected chi connectivity index (χ2v) is 5.91. The standard InChI is InChI=1S/C8H4F14O3S.Li/c9-1(2(10)11)4(13,14)6(17,18)8(21,22)7(19,20)5(15,16)3(12)26(23,24)25;/h1-3H,(H,23,24,25);/q;+1/p-1. The van der Waals surface area contributed by atoms with Gasteiger partial charge in [-0.25, -0.2) is 26.0 Å². The summed E-state index contributed by atoms with van der Waals surface area (Å²) >= 11 is 0. The van der Waals surface area contributed by atoms with Crippen molar-refractivity contribution in [1.82, 2.24) is 0 Å². The van der Waals surface area contributed by atoms with Crippen molar-refractivity contribution in [2.24, 2.45) is 0 Å². The molecule has 0 aromatic heterocycles. The minimum absolute atomic E-state index is 0. The minimum atomic E-state index is -8.21. The van der Waals surface area contributed by atoms with Crippen LogP contribution in [0.15, 0.2) is 0 Å². The van der Waals surface area contributed by atoms with Crippen LogP contribution < -0.4 is 18.9 Å². The first-order valence-corrected chi connectivity index (χ1v) is 6.88. The quantitative estimate of drug-likeness (QED) is 0.308. The third kappa shape index (κ3) is 4.27. The Bertz CT molecular complexity index is 620. The Labute approximate surface area is 152 Å². The first-order valence-electron chi connectivity index (χ1n) is 5.41. The Kier molecular flexibility index (Phi) is 8.24. The van der Waals surface area contributed by atoms with E-state index in [1.807, 2.05) is 0 Å². The molecule has 0 saturated carbocycles. The third-order valence-corrected chi connectivity index (χ3v) is 3.53. The SMILES string of the molecule is O=S(=O)([O-])C(F)C(F)(F)C(F)(F)C(F)(F)C(F)(F)C(F)(F)C(F)C(F)F.[Li+]. The van der Waals surface area contributed by atoms with E-state index in [0.717, 1.165) is 0 Å². The van der Waals surface area contributed by atoms with Crippen LogP contribution in [0.5, 0.6) is 0 Å². The fourth-order valence-electron chi connectivity index (χ4n) is 1.27. The third-order valence-electron chi connectivity index (χ3n) is 2.73. The van der Waals surface area contributed by atoms with Crippen LogP contribution in [0.1, 0.15) is 0 Å². The predicted octanol–water partition coefficient (Wildman–Crippen LogP) is 0.611. The Morgan fingerprint density at radius 1 is 0.630 bits per heavy atom. The van der Waals surface area contributed by atoms with Gasteiger partial charge in [0.15, 0.2) is 0 Å². The van der Waals surface area contributed by atoms with E-state index in [4.69, 9.17) is 0 Å². The normalized spacial score (nSPS) is 17.5. The summed E-state index contributed by atoms with van der Waals surface area (Å²) in [7, 11) is -7.22. The van der Waals surface area contributed by atoms with Gasteiger partial charge in [-0.1, -0.05) is 0 Å². The second kappa shape index (κ2) is 7.75. The molecular weight excluding hydrogens is 449 g/mol. The summed E-state index contributed by atoms with van der Waals surface area (Å²) in [5.74, 6) is -39.3. The van der Waals surface area contributed by atoms with Crippen LogP contribution >= 0.6 is 0 Å². The van der Waals surface area contributed by atoms with Gasteiger partial charge in [0.05, 0.1) is 0 Å². The summed E-state index contributed by atoms with van der Waals surface area (Å²) in [5.41, 5.74) is -5.84. The molecule has 0 bridgehead atoms. The zero-order valence-electron chi connectivity index (χ0n) is 12.2. The van der Waals surface area contributed by atoms with E-state index in [2.05, 4.69) is 0 Å². The smallest absolute Gasteiger partial charge is 0.746 e. The van der Waals surface area contributed by atoms with Gasteiger partial charge in [-0.05, 0) is 0 Å². The molecular formula is C8H3F14LiO3S. The van der Waals surface area contributed by atoms with Gasteiger partial charge in [0.1, 0.15) is 10.1 Å². The molecule has 19 heteroatoms. The minimum Gasteiger partial charge on any atom is -0.746 e. The van der Waals surface area contributed by atoms with Crippen molar-refractivity contribution < 1.29 is 93.3 Å². The molecule has 0 aromatic carbocycles. The van der Waals surface area contributed by atoms with E-state index in [9.17, 15) is 74.4 Å². The molecule has 2 atom stereocenters. The predicted molar refractivity (Wildman–Crippen MR) is 50.2 cm³/mol. The molecule has 0 heterocycles. The largest absolute Gasteiger partial charge is 1.00 e. The van der Waals surface area contributed by atoms with Crippen LogP contribution in [-0.4, -0.2) is 60.7 Å². The molecule has 0 radical (unpaired) electrons. The van der Waals surface area contributed by atoms with Crippen molar-refractivity contribution in [3.63, 3.8) is 0 Å².